The highest BCUT2D eigenvalue weighted by Crippen LogP contribution is 2.44. The number of amides is 1. The van der Waals surface area contributed by atoms with Crippen molar-refractivity contribution in [1.29, 1.82) is 0 Å². The average Bonchev–Trinajstić information content (AvgIpc) is 3.51. The molecule has 34 heavy (non-hydrogen) atoms. The number of anilines is 1. The van der Waals surface area contributed by atoms with E-state index in [9.17, 15) is 4.79 Å². The number of carbonyl (C=O) groups excluding carboxylic acids is 1. The standard InChI is InChI=1S/C25H30N6O3/c1-15(32)29-30-17-10-18(11-17)31-12-21(22-23(26)27-14-28-24(22)31)16-3-2-4-20(9-16)33-13-25-7-5-19(34-25)6-8-25/h2-4,9,12,14,17-19,30H,5-8,10-11,13H2,1H3,(H,29,32)(H2,26,27,28). The first-order chi connectivity index (χ1) is 16.5. The number of aromatic nitrogens is 3. The van der Waals surface area contributed by atoms with Crippen LogP contribution >= 0.6 is 0 Å². The Hall–Kier alpha value is -3.17. The van der Waals surface area contributed by atoms with Crippen LogP contribution < -0.4 is 21.3 Å². The first-order valence-corrected chi connectivity index (χ1v) is 12.0. The largest absolute Gasteiger partial charge is 0.491 e. The predicted octanol–water partition coefficient (Wildman–Crippen LogP) is 3.12. The molecule has 1 aliphatic carbocycles. The lowest BCUT2D eigenvalue weighted by Crippen LogP contribution is -2.50. The molecule has 0 radical (unpaired) electrons. The van der Waals surface area contributed by atoms with Crippen LogP contribution in [0.5, 0.6) is 5.75 Å². The number of nitrogens with two attached hydrogens (primary N) is 1. The highest BCUT2D eigenvalue weighted by Gasteiger charge is 2.46. The topological polar surface area (TPSA) is 116 Å². The fourth-order valence-corrected chi connectivity index (χ4v) is 5.60. The van der Waals surface area contributed by atoms with Crippen molar-refractivity contribution in [2.24, 2.45) is 0 Å². The van der Waals surface area contributed by atoms with Crippen molar-refractivity contribution in [3.8, 4) is 16.9 Å². The van der Waals surface area contributed by atoms with Crippen molar-refractivity contribution in [3.05, 3.63) is 36.8 Å². The lowest BCUT2D eigenvalue weighted by molar-refractivity contribution is -0.120. The lowest BCUT2D eigenvalue weighted by Gasteiger charge is -2.36. The van der Waals surface area contributed by atoms with Crippen LogP contribution in [0, 0.1) is 0 Å². The molecule has 1 saturated carbocycles. The zero-order chi connectivity index (χ0) is 23.3. The van der Waals surface area contributed by atoms with Gasteiger partial charge in [-0.1, -0.05) is 12.1 Å². The zero-order valence-corrected chi connectivity index (χ0v) is 19.3. The van der Waals surface area contributed by atoms with Gasteiger partial charge >= 0.3 is 0 Å². The molecule has 2 aromatic heterocycles. The number of benzene rings is 1. The summed E-state index contributed by atoms with van der Waals surface area (Å²) in [4.78, 5) is 20.0. The van der Waals surface area contributed by atoms with E-state index >= 15 is 0 Å². The number of rotatable bonds is 7. The summed E-state index contributed by atoms with van der Waals surface area (Å²) >= 11 is 0. The third kappa shape index (κ3) is 3.78. The van der Waals surface area contributed by atoms with Crippen LogP contribution in [0.2, 0.25) is 0 Å². The Kier molecular flexibility index (Phi) is 5.18. The number of ether oxygens (including phenoxy) is 2. The van der Waals surface area contributed by atoms with E-state index in [0.29, 0.717) is 18.5 Å². The third-order valence-corrected chi connectivity index (χ3v) is 7.51. The number of hydrogen-bond acceptors (Lipinski definition) is 7. The second-order valence-electron chi connectivity index (χ2n) is 9.87. The average molecular weight is 463 g/mol. The quantitative estimate of drug-likeness (QED) is 0.462. The molecule has 1 aromatic carbocycles. The Bertz CT molecular complexity index is 1230. The van der Waals surface area contributed by atoms with Crippen LogP contribution in [0.4, 0.5) is 5.82 Å². The number of hydrazine groups is 1. The smallest absolute Gasteiger partial charge is 0.230 e. The Morgan fingerprint density at radius 1 is 1.29 bits per heavy atom. The molecule has 0 spiro atoms. The van der Waals surface area contributed by atoms with E-state index in [1.165, 1.54) is 13.3 Å². The zero-order valence-electron chi connectivity index (χ0n) is 19.3. The van der Waals surface area contributed by atoms with E-state index in [2.05, 4.69) is 43.7 Å². The highest BCUT2D eigenvalue weighted by atomic mass is 16.6. The lowest BCUT2D eigenvalue weighted by atomic mass is 9.87. The fourth-order valence-electron chi connectivity index (χ4n) is 5.60. The van der Waals surface area contributed by atoms with Crippen molar-refractivity contribution in [1.82, 2.24) is 25.4 Å². The molecule has 2 aliphatic heterocycles. The molecule has 3 aromatic rings. The summed E-state index contributed by atoms with van der Waals surface area (Å²) in [5, 5.41) is 0.856. The summed E-state index contributed by atoms with van der Waals surface area (Å²) in [6.45, 7) is 2.09. The SMILES string of the molecule is CC(=O)NNC1CC(n2cc(-c3cccc(OCC45CCC(CC4)O5)c3)c3c(N)ncnc32)C1. The fraction of sp³-hybridized carbons (Fsp3) is 0.480. The van der Waals surface area contributed by atoms with Gasteiger partial charge in [-0.05, 0) is 56.2 Å². The molecule has 6 rings (SSSR count). The molecule has 2 bridgehead atoms. The van der Waals surface area contributed by atoms with Gasteiger partial charge in [0.2, 0.25) is 5.91 Å². The van der Waals surface area contributed by atoms with Crippen LogP contribution in [-0.2, 0) is 9.53 Å². The van der Waals surface area contributed by atoms with Gasteiger partial charge in [0.05, 0.1) is 11.5 Å². The van der Waals surface area contributed by atoms with Crippen molar-refractivity contribution in [2.75, 3.05) is 12.3 Å². The maximum atomic E-state index is 11.2. The molecular weight excluding hydrogens is 432 g/mol. The van der Waals surface area contributed by atoms with E-state index in [1.54, 1.807) is 0 Å². The van der Waals surface area contributed by atoms with Crippen LogP contribution in [0.3, 0.4) is 0 Å². The first kappa shape index (κ1) is 21.4. The summed E-state index contributed by atoms with van der Waals surface area (Å²) in [7, 11) is 0. The number of carbonyl (C=O) groups is 1. The monoisotopic (exact) mass is 462 g/mol. The van der Waals surface area contributed by atoms with Crippen LogP contribution in [0.25, 0.3) is 22.2 Å². The van der Waals surface area contributed by atoms with Crippen LogP contribution in [0.1, 0.15) is 51.5 Å². The van der Waals surface area contributed by atoms with Crippen LogP contribution in [-0.4, -0.2) is 44.8 Å². The van der Waals surface area contributed by atoms with E-state index < -0.39 is 0 Å². The summed E-state index contributed by atoms with van der Waals surface area (Å²) in [5.74, 6) is 1.20. The normalized spacial score (nSPS) is 27.6. The van der Waals surface area contributed by atoms with Gasteiger partial charge in [0.25, 0.3) is 0 Å². The first-order valence-electron chi connectivity index (χ1n) is 12.0. The minimum Gasteiger partial charge on any atom is -0.491 e. The van der Waals surface area contributed by atoms with E-state index in [1.807, 2.05) is 12.1 Å². The predicted molar refractivity (Wildman–Crippen MR) is 128 cm³/mol. The molecule has 9 nitrogen and oxygen atoms in total. The third-order valence-electron chi connectivity index (χ3n) is 7.51. The number of nitrogens with zero attached hydrogens (tertiary/aromatic N) is 3. The Morgan fingerprint density at radius 2 is 2.12 bits per heavy atom. The summed E-state index contributed by atoms with van der Waals surface area (Å²) in [6, 6.07) is 8.63. The van der Waals surface area contributed by atoms with Gasteiger partial charge in [-0.3, -0.25) is 10.2 Å². The molecule has 4 N–H and O–H groups in total. The summed E-state index contributed by atoms with van der Waals surface area (Å²) < 4.78 is 14.6. The van der Waals surface area contributed by atoms with Gasteiger partial charge < -0.3 is 19.8 Å². The molecule has 9 heteroatoms. The van der Waals surface area contributed by atoms with Crippen LogP contribution in [0.15, 0.2) is 36.8 Å². The minimum absolute atomic E-state index is 0.0911. The molecule has 2 saturated heterocycles. The van der Waals surface area contributed by atoms with Gasteiger partial charge in [0.1, 0.15) is 35.7 Å². The summed E-state index contributed by atoms with van der Waals surface area (Å²) in [6.07, 6.45) is 10.3. The van der Waals surface area contributed by atoms with Crippen molar-refractivity contribution in [2.45, 2.75) is 69.2 Å². The highest BCUT2D eigenvalue weighted by molar-refractivity contribution is 6.00. The summed E-state index contributed by atoms with van der Waals surface area (Å²) in [5.41, 5.74) is 14.8. The van der Waals surface area contributed by atoms with Gasteiger partial charge in [0, 0.05) is 30.8 Å². The molecule has 4 heterocycles. The molecule has 3 aliphatic rings. The molecule has 0 atom stereocenters. The Labute approximate surface area is 198 Å². The van der Waals surface area contributed by atoms with Gasteiger partial charge in [-0.2, -0.15) is 0 Å². The van der Waals surface area contributed by atoms with Crippen molar-refractivity contribution < 1.29 is 14.3 Å². The van der Waals surface area contributed by atoms with Crippen molar-refractivity contribution in [3.63, 3.8) is 0 Å². The Morgan fingerprint density at radius 3 is 2.85 bits per heavy atom. The van der Waals surface area contributed by atoms with E-state index in [4.69, 9.17) is 15.2 Å². The van der Waals surface area contributed by atoms with Gasteiger partial charge in [0.15, 0.2) is 0 Å². The van der Waals surface area contributed by atoms with E-state index in [0.717, 1.165) is 66.4 Å². The van der Waals surface area contributed by atoms with Crippen molar-refractivity contribution >= 4 is 22.8 Å². The maximum absolute atomic E-state index is 11.2. The maximum Gasteiger partial charge on any atom is 0.230 e. The number of hydrogen-bond donors (Lipinski definition) is 3. The molecule has 178 valence electrons. The van der Waals surface area contributed by atoms with E-state index in [-0.39, 0.29) is 23.6 Å². The second kappa shape index (κ2) is 8.25. The molecule has 3 fully saturated rings. The molecule has 1 amide bonds. The minimum atomic E-state index is -0.110. The van der Waals surface area contributed by atoms with Gasteiger partial charge in [-0.15, -0.1) is 0 Å². The second-order valence-corrected chi connectivity index (χ2v) is 9.87. The molecule has 0 unspecified atom stereocenters. The van der Waals surface area contributed by atoms with Gasteiger partial charge in [-0.25, -0.2) is 15.4 Å². The number of nitrogens with one attached hydrogen (secondary N) is 2. The Balaban J connectivity index is 1.25. The number of fused-ring (bicyclic) bond motifs is 3. The number of nitrogen functional groups attached to an aromatic ring is 1. The molecular formula is C25H30N6O3.